The van der Waals surface area contributed by atoms with Crippen molar-refractivity contribution in [2.45, 2.75) is 39.2 Å². The van der Waals surface area contributed by atoms with E-state index in [1.54, 1.807) is 4.68 Å². The van der Waals surface area contributed by atoms with Crippen molar-refractivity contribution in [3.63, 3.8) is 0 Å². The van der Waals surface area contributed by atoms with Crippen molar-refractivity contribution in [3.05, 3.63) is 71.5 Å². The van der Waals surface area contributed by atoms with Crippen molar-refractivity contribution in [1.82, 2.24) is 20.3 Å². The highest BCUT2D eigenvalue weighted by atomic mass is 16.5. The number of hydrogen-bond acceptors (Lipinski definition) is 4. The van der Waals surface area contributed by atoms with Crippen molar-refractivity contribution < 1.29 is 9.53 Å². The minimum absolute atomic E-state index is 0.201. The Morgan fingerprint density at radius 3 is 2.59 bits per heavy atom. The van der Waals surface area contributed by atoms with Crippen LogP contribution in [0.1, 0.15) is 54.4 Å². The molecule has 0 saturated heterocycles. The van der Waals surface area contributed by atoms with E-state index in [0.29, 0.717) is 30.7 Å². The Labute approximate surface area is 170 Å². The molecule has 4 rings (SSSR count). The fourth-order valence-electron chi connectivity index (χ4n) is 3.24. The molecule has 6 heteroatoms. The summed E-state index contributed by atoms with van der Waals surface area (Å²) in [5, 5.41) is 11.5. The topological polar surface area (TPSA) is 69.0 Å². The summed E-state index contributed by atoms with van der Waals surface area (Å²) in [4.78, 5) is 12.9. The van der Waals surface area contributed by atoms with Gasteiger partial charge < -0.3 is 10.1 Å². The Kier molecular flexibility index (Phi) is 5.60. The molecule has 0 radical (unpaired) electrons. The number of nitrogens with zero attached hydrogens (tertiary/aromatic N) is 3. The van der Waals surface area contributed by atoms with Crippen molar-refractivity contribution in [3.8, 4) is 11.4 Å². The number of aromatic nitrogens is 3. The van der Waals surface area contributed by atoms with Gasteiger partial charge in [-0.25, -0.2) is 4.68 Å². The van der Waals surface area contributed by atoms with E-state index in [4.69, 9.17) is 4.74 Å². The number of benzene rings is 2. The molecular formula is C23H26N4O2. The molecule has 2 aromatic carbocycles. The molecule has 1 heterocycles. The predicted octanol–water partition coefficient (Wildman–Crippen LogP) is 4.11. The molecule has 0 unspecified atom stereocenters. The summed E-state index contributed by atoms with van der Waals surface area (Å²) < 4.78 is 7.68. The van der Waals surface area contributed by atoms with E-state index in [9.17, 15) is 4.79 Å². The van der Waals surface area contributed by atoms with Gasteiger partial charge in [0.1, 0.15) is 5.75 Å². The largest absolute Gasteiger partial charge is 0.493 e. The number of nitrogens with one attached hydrogen (secondary N) is 1. The Morgan fingerprint density at radius 1 is 1.14 bits per heavy atom. The maximum absolute atomic E-state index is 12.9. The molecule has 1 saturated carbocycles. The fourth-order valence-corrected chi connectivity index (χ4v) is 3.24. The number of amides is 1. The van der Waals surface area contributed by atoms with Gasteiger partial charge in [0, 0.05) is 18.0 Å². The highest BCUT2D eigenvalue weighted by Gasteiger charge is 2.34. The van der Waals surface area contributed by atoms with Crippen LogP contribution in [0.2, 0.25) is 0 Å². The molecule has 0 atom stereocenters. The van der Waals surface area contributed by atoms with Crippen LogP contribution < -0.4 is 10.1 Å². The Hall–Kier alpha value is -3.15. The van der Waals surface area contributed by atoms with E-state index in [1.807, 2.05) is 54.6 Å². The molecule has 3 aromatic rings. The van der Waals surface area contributed by atoms with Gasteiger partial charge in [0.2, 0.25) is 0 Å². The molecule has 1 aliphatic carbocycles. The molecule has 1 aromatic heterocycles. The third-order valence-electron chi connectivity index (χ3n) is 4.87. The highest BCUT2D eigenvalue weighted by molar-refractivity contribution is 5.93. The molecule has 29 heavy (non-hydrogen) atoms. The summed E-state index contributed by atoms with van der Waals surface area (Å²) in [5.41, 5.74) is 3.19. The van der Waals surface area contributed by atoms with Crippen LogP contribution in [-0.2, 0) is 6.54 Å². The lowest BCUT2D eigenvalue weighted by molar-refractivity contribution is 0.0944. The van der Waals surface area contributed by atoms with Crippen LogP contribution in [0.3, 0.4) is 0 Å². The monoisotopic (exact) mass is 390 g/mol. The molecule has 0 aliphatic heterocycles. The summed E-state index contributed by atoms with van der Waals surface area (Å²) in [5.74, 6) is 1.38. The fraction of sp³-hybridized carbons (Fsp3) is 0.348. The van der Waals surface area contributed by atoms with Crippen molar-refractivity contribution in [2.75, 3.05) is 6.61 Å². The normalized spacial score (nSPS) is 13.5. The van der Waals surface area contributed by atoms with Crippen LogP contribution in [0, 0.1) is 5.92 Å². The third kappa shape index (κ3) is 4.47. The number of rotatable bonds is 8. The van der Waals surface area contributed by atoms with Gasteiger partial charge in [-0.2, -0.15) is 0 Å². The second-order valence-electron chi connectivity index (χ2n) is 7.84. The standard InChI is InChI=1S/C23H26N4O2/c1-16(2)15-29-20-11-7-6-8-18(20)14-24-23(28)21-22(17-12-13-17)27(26-25-21)19-9-4-3-5-10-19/h3-11,16-17H,12-15H2,1-2H3,(H,24,28). The van der Waals surface area contributed by atoms with E-state index in [2.05, 4.69) is 29.5 Å². The molecular weight excluding hydrogens is 364 g/mol. The zero-order valence-electron chi connectivity index (χ0n) is 16.8. The van der Waals surface area contributed by atoms with E-state index in [1.165, 1.54) is 0 Å². The summed E-state index contributed by atoms with van der Waals surface area (Å²) >= 11 is 0. The summed E-state index contributed by atoms with van der Waals surface area (Å²) in [6.07, 6.45) is 2.12. The quantitative estimate of drug-likeness (QED) is 0.628. The Morgan fingerprint density at radius 2 is 1.86 bits per heavy atom. The first-order valence-electron chi connectivity index (χ1n) is 10.1. The van der Waals surface area contributed by atoms with Gasteiger partial charge in [-0.05, 0) is 37.0 Å². The minimum Gasteiger partial charge on any atom is -0.493 e. The second-order valence-corrected chi connectivity index (χ2v) is 7.84. The first-order valence-corrected chi connectivity index (χ1v) is 10.1. The molecule has 0 bridgehead atoms. The van der Waals surface area contributed by atoms with Gasteiger partial charge in [0.05, 0.1) is 18.0 Å². The average molecular weight is 390 g/mol. The average Bonchev–Trinajstić information content (AvgIpc) is 3.49. The van der Waals surface area contributed by atoms with Crippen LogP contribution in [0.5, 0.6) is 5.75 Å². The molecule has 1 N–H and O–H groups in total. The van der Waals surface area contributed by atoms with Crippen molar-refractivity contribution >= 4 is 5.91 Å². The van der Waals surface area contributed by atoms with Crippen LogP contribution in [0.15, 0.2) is 54.6 Å². The van der Waals surface area contributed by atoms with Crippen LogP contribution in [0.4, 0.5) is 0 Å². The summed E-state index contributed by atoms with van der Waals surface area (Å²) in [6, 6.07) is 17.6. The minimum atomic E-state index is -0.201. The van der Waals surface area contributed by atoms with Crippen LogP contribution >= 0.6 is 0 Å². The molecule has 150 valence electrons. The number of carbonyl (C=O) groups excluding carboxylic acids is 1. The lowest BCUT2D eigenvalue weighted by Crippen LogP contribution is -2.25. The van der Waals surface area contributed by atoms with E-state index < -0.39 is 0 Å². The third-order valence-corrected chi connectivity index (χ3v) is 4.87. The SMILES string of the molecule is CC(C)COc1ccccc1CNC(=O)c1nnn(-c2ccccc2)c1C1CC1. The number of carbonyl (C=O) groups is 1. The number of ether oxygens (including phenoxy) is 1. The van der Waals surface area contributed by atoms with Gasteiger partial charge >= 0.3 is 0 Å². The maximum Gasteiger partial charge on any atom is 0.274 e. The van der Waals surface area contributed by atoms with Gasteiger partial charge in [-0.3, -0.25) is 4.79 Å². The second kappa shape index (κ2) is 8.47. The van der Waals surface area contributed by atoms with Crippen molar-refractivity contribution in [2.24, 2.45) is 5.92 Å². The first-order chi connectivity index (χ1) is 14.1. The highest BCUT2D eigenvalue weighted by Crippen LogP contribution is 2.41. The number of para-hydroxylation sites is 2. The van der Waals surface area contributed by atoms with E-state index >= 15 is 0 Å². The smallest absolute Gasteiger partial charge is 0.274 e. The van der Waals surface area contributed by atoms with E-state index in [-0.39, 0.29) is 5.91 Å². The lowest BCUT2D eigenvalue weighted by atomic mass is 10.1. The molecule has 0 spiro atoms. The van der Waals surface area contributed by atoms with E-state index in [0.717, 1.165) is 35.5 Å². The zero-order valence-corrected chi connectivity index (χ0v) is 16.8. The number of hydrogen-bond donors (Lipinski definition) is 1. The van der Waals surface area contributed by atoms with Crippen LogP contribution in [0.25, 0.3) is 5.69 Å². The predicted molar refractivity (Wildman–Crippen MR) is 111 cm³/mol. The molecule has 6 nitrogen and oxygen atoms in total. The van der Waals surface area contributed by atoms with Gasteiger partial charge in [0.25, 0.3) is 5.91 Å². The first kappa shape index (κ1) is 19.2. The summed E-state index contributed by atoms with van der Waals surface area (Å²) in [6.45, 7) is 5.25. The van der Waals surface area contributed by atoms with Crippen molar-refractivity contribution in [1.29, 1.82) is 0 Å². The Balaban J connectivity index is 1.51. The van der Waals surface area contributed by atoms with Gasteiger partial charge in [-0.1, -0.05) is 55.5 Å². The van der Waals surface area contributed by atoms with Gasteiger partial charge in [-0.15, -0.1) is 5.10 Å². The van der Waals surface area contributed by atoms with Gasteiger partial charge in [0.15, 0.2) is 5.69 Å². The van der Waals surface area contributed by atoms with Crippen LogP contribution in [-0.4, -0.2) is 27.5 Å². The maximum atomic E-state index is 12.9. The lowest BCUT2D eigenvalue weighted by Gasteiger charge is -2.13. The molecule has 1 amide bonds. The zero-order chi connectivity index (χ0) is 20.2. The summed E-state index contributed by atoms with van der Waals surface area (Å²) in [7, 11) is 0. The Bertz CT molecular complexity index is 978. The molecule has 1 fully saturated rings. The molecule has 1 aliphatic rings.